The van der Waals surface area contributed by atoms with E-state index in [4.69, 9.17) is 0 Å². The van der Waals surface area contributed by atoms with Gasteiger partial charge in [-0.3, -0.25) is 9.59 Å². The Hall–Kier alpha value is -0.900. The molecular weight excluding hydrogens is 228 g/mol. The highest BCUT2D eigenvalue weighted by atomic mass is 16.2. The van der Waals surface area contributed by atoms with Gasteiger partial charge in [-0.05, 0) is 20.5 Å². The number of nitrogens with zero attached hydrogens (tertiary/aromatic N) is 1. The lowest BCUT2D eigenvalue weighted by atomic mass is 9.85. The number of hydrogen-bond acceptors (Lipinski definition) is 3. The third-order valence-corrected chi connectivity index (χ3v) is 2.91. The molecule has 0 aliphatic rings. The Morgan fingerprint density at radius 1 is 1.22 bits per heavy atom. The van der Waals surface area contributed by atoms with Gasteiger partial charge in [0, 0.05) is 25.9 Å². The molecule has 18 heavy (non-hydrogen) atoms. The van der Waals surface area contributed by atoms with Crippen LogP contribution in [0.5, 0.6) is 0 Å². The lowest BCUT2D eigenvalue weighted by Gasteiger charge is -2.23. The highest BCUT2D eigenvalue weighted by molar-refractivity contribution is 5.89. The number of nitrogens with one attached hydrogen (secondary N) is 1. The molecule has 0 aromatic rings. The second kappa shape index (κ2) is 8.25. The molecule has 0 saturated heterocycles. The zero-order valence-electron chi connectivity index (χ0n) is 12.5. The Morgan fingerprint density at radius 2 is 1.83 bits per heavy atom. The standard InChI is InChI=1S/C14H28N2O2/c1-6-7-8-12(17)11-14(2,3)13(18)15-9-10-16(4)5/h6-11H2,1-5H3,(H,15,18). The number of carbonyl (C=O) groups excluding carboxylic acids is 2. The van der Waals surface area contributed by atoms with E-state index in [-0.39, 0.29) is 11.7 Å². The third kappa shape index (κ3) is 7.43. The van der Waals surface area contributed by atoms with E-state index in [0.717, 1.165) is 19.4 Å². The van der Waals surface area contributed by atoms with Crippen LogP contribution in [0.25, 0.3) is 0 Å². The maximum atomic E-state index is 12.0. The lowest BCUT2D eigenvalue weighted by molar-refractivity contribution is -0.134. The number of rotatable bonds is 9. The summed E-state index contributed by atoms with van der Waals surface area (Å²) in [5.74, 6) is 0.152. The van der Waals surface area contributed by atoms with E-state index >= 15 is 0 Å². The molecule has 0 heterocycles. The van der Waals surface area contributed by atoms with Crippen molar-refractivity contribution in [2.24, 2.45) is 5.41 Å². The van der Waals surface area contributed by atoms with Gasteiger partial charge >= 0.3 is 0 Å². The van der Waals surface area contributed by atoms with E-state index in [1.165, 1.54) is 0 Å². The first kappa shape index (κ1) is 17.1. The minimum atomic E-state index is -0.600. The number of Topliss-reactive ketones (excluding diaryl/α,β-unsaturated/α-hetero) is 1. The van der Waals surface area contributed by atoms with Crippen molar-refractivity contribution in [1.29, 1.82) is 0 Å². The number of unbranched alkanes of at least 4 members (excludes halogenated alkanes) is 1. The molecular formula is C14H28N2O2. The summed E-state index contributed by atoms with van der Waals surface area (Å²) in [4.78, 5) is 25.7. The van der Waals surface area contributed by atoms with Crippen molar-refractivity contribution in [2.75, 3.05) is 27.2 Å². The molecule has 0 fully saturated rings. The zero-order valence-corrected chi connectivity index (χ0v) is 12.5. The van der Waals surface area contributed by atoms with Crippen LogP contribution in [-0.4, -0.2) is 43.8 Å². The van der Waals surface area contributed by atoms with Crippen molar-refractivity contribution >= 4 is 11.7 Å². The van der Waals surface area contributed by atoms with Crippen LogP contribution in [0.4, 0.5) is 0 Å². The predicted octanol–water partition coefficient (Wildman–Crippen LogP) is 1.84. The van der Waals surface area contributed by atoms with Gasteiger partial charge in [-0.25, -0.2) is 0 Å². The number of hydrogen-bond donors (Lipinski definition) is 1. The molecule has 0 unspecified atom stereocenters. The topological polar surface area (TPSA) is 49.4 Å². The van der Waals surface area contributed by atoms with E-state index in [1.54, 1.807) is 0 Å². The Kier molecular flexibility index (Phi) is 7.83. The molecule has 0 bridgehead atoms. The summed E-state index contributed by atoms with van der Waals surface area (Å²) in [7, 11) is 3.93. The van der Waals surface area contributed by atoms with Crippen LogP contribution in [0.2, 0.25) is 0 Å². The van der Waals surface area contributed by atoms with Crippen molar-refractivity contribution in [1.82, 2.24) is 10.2 Å². The minimum Gasteiger partial charge on any atom is -0.354 e. The number of ketones is 1. The summed E-state index contributed by atoms with van der Waals surface area (Å²) < 4.78 is 0. The number of likely N-dealkylation sites (N-methyl/N-ethyl adjacent to an activating group) is 1. The Bertz CT molecular complexity index is 273. The van der Waals surface area contributed by atoms with Gasteiger partial charge in [0.05, 0.1) is 5.41 Å². The van der Waals surface area contributed by atoms with E-state index < -0.39 is 5.41 Å². The van der Waals surface area contributed by atoms with Crippen LogP contribution in [0.1, 0.15) is 46.5 Å². The Morgan fingerprint density at radius 3 is 2.33 bits per heavy atom. The average molecular weight is 256 g/mol. The van der Waals surface area contributed by atoms with Crippen molar-refractivity contribution < 1.29 is 9.59 Å². The minimum absolute atomic E-state index is 0.0331. The lowest BCUT2D eigenvalue weighted by Crippen LogP contribution is -2.41. The largest absolute Gasteiger partial charge is 0.354 e. The molecule has 0 atom stereocenters. The van der Waals surface area contributed by atoms with Gasteiger partial charge in [0.15, 0.2) is 0 Å². The fraction of sp³-hybridized carbons (Fsp3) is 0.857. The quantitative estimate of drug-likeness (QED) is 0.685. The molecule has 0 aromatic carbocycles. The third-order valence-electron chi connectivity index (χ3n) is 2.91. The van der Waals surface area contributed by atoms with Gasteiger partial charge in [-0.1, -0.05) is 27.2 Å². The molecule has 0 spiro atoms. The molecule has 0 radical (unpaired) electrons. The fourth-order valence-electron chi connectivity index (χ4n) is 1.67. The van der Waals surface area contributed by atoms with Crippen LogP contribution in [0.15, 0.2) is 0 Å². The van der Waals surface area contributed by atoms with Gasteiger partial charge in [0.1, 0.15) is 5.78 Å². The summed E-state index contributed by atoms with van der Waals surface area (Å²) >= 11 is 0. The molecule has 4 heteroatoms. The SMILES string of the molecule is CCCCC(=O)CC(C)(C)C(=O)NCCN(C)C. The van der Waals surface area contributed by atoms with Crippen molar-refractivity contribution in [3.8, 4) is 0 Å². The van der Waals surface area contributed by atoms with Crippen molar-refractivity contribution in [3.63, 3.8) is 0 Å². The first-order valence-electron chi connectivity index (χ1n) is 6.74. The van der Waals surface area contributed by atoms with E-state index in [9.17, 15) is 9.59 Å². The maximum Gasteiger partial charge on any atom is 0.226 e. The summed E-state index contributed by atoms with van der Waals surface area (Å²) in [6.07, 6.45) is 2.85. The van der Waals surface area contributed by atoms with Crippen LogP contribution in [-0.2, 0) is 9.59 Å². The smallest absolute Gasteiger partial charge is 0.226 e. The number of amides is 1. The van der Waals surface area contributed by atoms with Gasteiger partial charge in [-0.15, -0.1) is 0 Å². The summed E-state index contributed by atoms with van der Waals surface area (Å²) in [6.45, 7) is 7.17. The van der Waals surface area contributed by atoms with E-state index in [1.807, 2.05) is 32.8 Å². The molecule has 0 saturated carbocycles. The van der Waals surface area contributed by atoms with Crippen molar-refractivity contribution in [3.05, 3.63) is 0 Å². The normalized spacial score (nSPS) is 11.7. The van der Waals surface area contributed by atoms with E-state index in [2.05, 4.69) is 12.2 Å². The molecule has 106 valence electrons. The fourth-order valence-corrected chi connectivity index (χ4v) is 1.67. The maximum absolute atomic E-state index is 12.0. The van der Waals surface area contributed by atoms with Crippen molar-refractivity contribution in [2.45, 2.75) is 46.5 Å². The Balaban J connectivity index is 4.09. The van der Waals surface area contributed by atoms with Gasteiger partial charge in [-0.2, -0.15) is 0 Å². The first-order valence-corrected chi connectivity index (χ1v) is 6.74. The highest BCUT2D eigenvalue weighted by Gasteiger charge is 2.29. The molecule has 1 N–H and O–H groups in total. The average Bonchev–Trinajstić information content (AvgIpc) is 2.25. The predicted molar refractivity (Wildman–Crippen MR) is 74.5 cm³/mol. The summed E-state index contributed by atoms with van der Waals surface area (Å²) in [6, 6.07) is 0. The Labute approximate surface area is 111 Å². The summed E-state index contributed by atoms with van der Waals surface area (Å²) in [5, 5.41) is 2.88. The molecule has 1 amide bonds. The second-order valence-corrected chi connectivity index (χ2v) is 5.76. The monoisotopic (exact) mass is 256 g/mol. The molecule has 0 aliphatic heterocycles. The van der Waals surface area contributed by atoms with E-state index in [0.29, 0.717) is 19.4 Å². The zero-order chi connectivity index (χ0) is 14.2. The van der Waals surface area contributed by atoms with Gasteiger partial charge in [0.25, 0.3) is 0 Å². The highest BCUT2D eigenvalue weighted by Crippen LogP contribution is 2.22. The van der Waals surface area contributed by atoms with Crippen LogP contribution in [0.3, 0.4) is 0 Å². The first-order chi connectivity index (χ1) is 8.29. The van der Waals surface area contributed by atoms with Gasteiger partial charge in [0.2, 0.25) is 5.91 Å². The van der Waals surface area contributed by atoms with Crippen LogP contribution < -0.4 is 5.32 Å². The number of carbonyl (C=O) groups is 2. The second-order valence-electron chi connectivity index (χ2n) is 5.76. The molecule has 0 aromatic heterocycles. The molecule has 0 aliphatic carbocycles. The molecule has 0 rings (SSSR count). The summed E-state index contributed by atoms with van der Waals surface area (Å²) in [5.41, 5.74) is -0.600. The van der Waals surface area contributed by atoms with Gasteiger partial charge < -0.3 is 10.2 Å². The van der Waals surface area contributed by atoms with Crippen LogP contribution >= 0.6 is 0 Å². The van der Waals surface area contributed by atoms with Crippen LogP contribution in [0, 0.1) is 5.41 Å². The molecule has 4 nitrogen and oxygen atoms in total.